The Bertz CT molecular complexity index is 951. The summed E-state index contributed by atoms with van der Waals surface area (Å²) in [5.74, 6) is -0.416. The largest absolute Gasteiger partial charge is 0.421 e. The number of halogens is 6. The van der Waals surface area contributed by atoms with Crippen LogP contribution in [0.25, 0.3) is 0 Å². The molecule has 1 aliphatic rings. The fraction of sp³-hybridized carbons (Fsp3) is 0.316. The lowest BCUT2D eigenvalue weighted by Crippen LogP contribution is -2.40. The smallest absolute Gasteiger partial charge is 0.376 e. The maximum absolute atomic E-state index is 13.3. The van der Waals surface area contributed by atoms with Crippen LogP contribution in [-0.2, 0) is 12.0 Å². The van der Waals surface area contributed by atoms with Gasteiger partial charge in [0.05, 0.1) is 21.8 Å². The van der Waals surface area contributed by atoms with Crippen molar-refractivity contribution in [2.75, 3.05) is 5.32 Å². The Morgan fingerprint density at radius 2 is 1.86 bits per heavy atom. The Kier molecular flexibility index (Phi) is 5.73. The fourth-order valence-electron chi connectivity index (χ4n) is 3.30. The van der Waals surface area contributed by atoms with Gasteiger partial charge < -0.3 is 15.7 Å². The lowest BCUT2D eigenvalue weighted by molar-refractivity contribution is -0.265. The van der Waals surface area contributed by atoms with E-state index in [0.717, 1.165) is 6.07 Å². The number of alkyl halides is 3. The van der Waals surface area contributed by atoms with Crippen molar-refractivity contribution in [3.05, 3.63) is 62.9 Å². The summed E-state index contributed by atoms with van der Waals surface area (Å²) < 4.78 is 52.9. The van der Waals surface area contributed by atoms with Gasteiger partial charge in [0.1, 0.15) is 5.82 Å². The van der Waals surface area contributed by atoms with E-state index in [1.54, 1.807) is 6.92 Å². The van der Waals surface area contributed by atoms with E-state index in [1.165, 1.54) is 24.3 Å². The van der Waals surface area contributed by atoms with E-state index >= 15 is 0 Å². The molecular weight excluding hydrogens is 435 g/mol. The van der Waals surface area contributed by atoms with Crippen molar-refractivity contribution in [1.29, 1.82) is 0 Å². The molecule has 156 valence electrons. The molecule has 0 aromatic heterocycles. The SMILES string of the molecule is CC(NC(=O)Nc1c(Cl)cc2c(c1Cl)CC[C@]2(O)C(F)(F)F)c1ccc(F)cc1. The van der Waals surface area contributed by atoms with E-state index in [9.17, 15) is 27.5 Å². The molecular formula is C19H16Cl2F4N2O2. The van der Waals surface area contributed by atoms with Crippen molar-refractivity contribution in [2.45, 2.75) is 37.6 Å². The molecule has 1 unspecified atom stereocenters. The van der Waals surface area contributed by atoms with Gasteiger partial charge in [-0.3, -0.25) is 0 Å². The summed E-state index contributed by atoms with van der Waals surface area (Å²) in [5.41, 5.74) is -2.78. The standard InChI is InChI=1S/C19H16Cl2F4N2O2/c1-9(10-2-4-11(22)5-3-10)26-17(28)27-16-14(20)8-13-12(15(16)21)6-7-18(13,29)19(23,24)25/h2-5,8-9,29H,6-7H2,1H3,(H2,26,27,28)/t9?,18-/m1/s1. The summed E-state index contributed by atoms with van der Waals surface area (Å²) in [4.78, 5) is 12.3. The van der Waals surface area contributed by atoms with Crippen LogP contribution in [0, 0.1) is 5.82 Å². The van der Waals surface area contributed by atoms with Crippen LogP contribution in [0.15, 0.2) is 30.3 Å². The number of aliphatic hydroxyl groups is 1. The third-order valence-electron chi connectivity index (χ3n) is 4.93. The van der Waals surface area contributed by atoms with Gasteiger partial charge in [-0.25, -0.2) is 9.18 Å². The number of rotatable bonds is 3. The van der Waals surface area contributed by atoms with E-state index in [2.05, 4.69) is 10.6 Å². The Hall–Kier alpha value is -2.03. The van der Waals surface area contributed by atoms with Crippen molar-refractivity contribution in [3.8, 4) is 0 Å². The van der Waals surface area contributed by atoms with Gasteiger partial charge in [-0.15, -0.1) is 0 Å². The summed E-state index contributed by atoms with van der Waals surface area (Å²) in [6.45, 7) is 1.67. The maximum atomic E-state index is 13.3. The Morgan fingerprint density at radius 1 is 1.24 bits per heavy atom. The predicted octanol–water partition coefficient (Wildman–Crippen LogP) is 5.71. The molecule has 10 heteroatoms. The zero-order valence-electron chi connectivity index (χ0n) is 15.0. The second kappa shape index (κ2) is 7.66. The number of hydrogen-bond donors (Lipinski definition) is 3. The van der Waals surface area contributed by atoms with E-state index < -0.39 is 41.7 Å². The summed E-state index contributed by atoms with van der Waals surface area (Å²) in [5, 5.41) is 14.8. The molecule has 2 aromatic carbocycles. The van der Waals surface area contributed by atoms with Gasteiger partial charge >= 0.3 is 12.2 Å². The summed E-state index contributed by atoms with van der Waals surface area (Å²) in [6.07, 6.45) is -5.59. The van der Waals surface area contributed by atoms with Gasteiger partial charge in [-0.2, -0.15) is 13.2 Å². The zero-order valence-corrected chi connectivity index (χ0v) is 16.5. The van der Waals surface area contributed by atoms with Crippen molar-refractivity contribution >= 4 is 34.9 Å². The number of hydrogen-bond acceptors (Lipinski definition) is 2. The average molecular weight is 451 g/mol. The molecule has 4 nitrogen and oxygen atoms in total. The van der Waals surface area contributed by atoms with Gasteiger partial charge in [-0.1, -0.05) is 35.3 Å². The molecule has 0 fully saturated rings. The first kappa shape index (κ1) is 21.7. The monoisotopic (exact) mass is 450 g/mol. The van der Waals surface area contributed by atoms with Crippen molar-refractivity contribution in [2.24, 2.45) is 0 Å². The van der Waals surface area contributed by atoms with E-state index in [-0.39, 0.29) is 27.7 Å². The Balaban J connectivity index is 1.82. The van der Waals surface area contributed by atoms with Crippen molar-refractivity contribution in [3.63, 3.8) is 0 Å². The second-order valence-electron chi connectivity index (χ2n) is 6.80. The first-order chi connectivity index (χ1) is 13.4. The normalized spacial score (nSPS) is 19.6. The van der Waals surface area contributed by atoms with Gasteiger partial charge in [0.25, 0.3) is 0 Å². The molecule has 0 spiro atoms. The minimum atomic E-state index is -4.89. The highest BCUT2D eigenvalue weighted by atomic mass is 35.5. The molecule has 2 atom stereocenters. The predicted molar refractivity (Wildman–Crippen MR) is 102 cm³/mol. The van der Waals surface area contributed by atoms with Gasteiger partial charge in [0.2, 0.25) is 0 Å². The third kappa shape index (κ3) is 4.01. The van der Waals surface area contributed by atoms with Crippen LogP contribution in [0.1, 0.15) is 36.1 Å². The lowest BCUT2D eigenvalue weighted by atomic mass is 9.95. The maximum Gasteiger partial charge on any atom is 0.421 e. The van der Waals surface area contributed by atoms with Gasteiger partial charge in [-0.05, 0) is 54.7 Å². The van der Waals surface area contributed by atoms with Gasteiger partial charge in [0.15, 0.2) is 5.60 Å². The molecule has 1 aliphatic carbocycles. The third-order valence-corrected chi connectivity index (χ3v) is 5.64. The van der Waals surface area contributed by atoms with Crippen LogP contribution in [0.4, 0.5) is 28.0 Å². The quantitative estimate of drug-likeness (QED) is 0.524. The minimum absolute atomic E-state index is 0.0534. The lowest BCUT2D eigenvalue weighted by Gasteiger charge is -2.27. The molecule has 3 rings (SSSR count). The van der Waals surface area contributed by atoms with E-state index in [1.807, 2.05) is 0 Å². The molecule has 2 aromatic rings. The number of benzene rings is 2. The fourth-order valence-corrected chi connectivity index (χ4v) is 3.95. The molecule has 0 aliphatic heterocycles. The summed E-state index contributed by atoms with van der Waals surface area (Å²) in [6, 6.07) is 5.30. The molecule has 0 bridgehead atoms. The van der Waals surface area contributed by atoms with Crippen molar-refractivity contribution in [1.82, 2.24) is 5.32 Å². The second-order valence-corrected chi connectivity index (χ2v) is 7.59. The number of carbonyl (C=O) groups excluding carboxylic acids is 1. The molecule has 2 amide bonds. The molecule has 29 heavy (non-hydrogen) atoms. The zero-order chi connectivity index (χ0) is 21.6. The highest BCUT2D eigenvalue weighted by molar-refractivity contribution is 6.40. The number of anilines is 1. The number of carbonyl (C=O) groups is 1. The Labute approximate surface area is 173 Å². The van der Waals surface area contributed by atoms with E-state index in [4.69, 9.17) is 23.2 Å². The number of fused-ring (bicyclic) bond motifs is 1. The van der Waals surface area contributed by atoms with E-state index in [0.29, 0.717) is 5.56 Å². The van der Waals surface area contributed by atoms with Crippen molar-refractivity contribution < 1.29 is 27.5 Å². The van der Waals surface area contributed by atoms with Crippen LogP contribution in [-0.4, -0.2) is 17.3 Å². The first-order valence-electron chi connectivity index (χ1n) is 8.57. The number of nitrogens with one attached hydrogen (secondary N) is 2. The Morgan fingerprint density at radius 3 is 2.45 bits per heavy atom. The van der Waals surface area contributed by atoms with Crippen LogP contribution in [0.3, 0.4) is 0 Å². The summed E-state index contributed by atoms with van der Waals surface area (Å²) >= 11 is 12.3. The molecule has 0 radical (unpaired) electrons. The molecule has 0 saturated heterocycles. The van der Waals surface area contributed by atoms with Gasteiger partial charge in [0, 0.05) is 0 Å². The highest BCUT2D eigenvalue weighted by Crippen LogP contribution is 2.52. The van der Waals surface area contributed by atoms with Crippen LogP contribution >= 0.6 is 23.2 Å². The molecule has 3 N–H and O–H groups in total. The minimum Gasteiger partial charge on any atom is -0.376 e. The molecule has 0 heterocycles. The average Bonchev–Trinajstić information content (AvgIpc) is 2.97. The van der Waals surface area contributed by atoms with Crippen LogP contribution in [0.2, 0.25) is 10.0 Å². The number of urea groups is 1. The summed E-state index contributed by atoms with van der Waals surface area (Å²) in [7, 11) is 0. The first-order valence-corrected chi connectivity index (χ1v) is 9.33. The van der Waals surface area contributed by atoms with Crippen LogP contribution in [0.5, 0.6) is 0 Å². The topological polar surface area (TPSA) is 61.4 Å². The highest BCUT2D eigenvalue weighted by Gasteiger charge is 2.58. The van der Waals surface area contributed by atoms with Crippen LogP contribution < -0.4 is 10.6 Å². The number of amides is 2. The molecule has 0 saturated carbocycles.